The van der Waals surface area contributed by atoms with Crippen LogP contribution in [-0.4, -0.2) is 31.7 Å². The van der Waals surface area contributed by atoms with Crippen molar-refractivity contribution in [1.82, 2.24) is 10.2 Å². The van der Waals surface area contributed by atoms with Crippen LogP contribution < -0.4 is 14.8 Å². The van der Waals surface area contributed by atoms with Crippen LogP contribution in [0, 0.1) is 0 Å². The van der Waals surface area contributed by atoms with E-state index < -0.39 is 0 Å². The van der Waals surface area contributed by atoms with E-state index in [-0.39, 0.29) is 6.03 Å². The molecule has 1 aromatic carbocycles. The lowest BCUT2D eigenvalue weighted by atomic mass is 9.99. The van der Waals surface area contributed by atoms with Gasteiger partial charge in [-0.05, 0) is 51.7 Å². The minimum atomic E-state index is -0.0417. The predicted molar refractivity (Wildman–Crippen MR) is 97.9 cm³/mol. The molecule has 0 bridgehead atoms. The van der Waals surface area contributed by atoms with E-state index in [0.29, 0.717) is 25.4 Å². The molecule has 2 amide bonds. The molecule has 1 aliphatic heterocycles. The van der Waals surface area contributed by atoms with Gasteiger partial charge in [0.15, 0.2) is 11.5 Å². The van der Waals surface area contributed by atoms with Crippen molar-refractivity contribution in [2.45, 2.75) is 19.5 Å². The van der Waals surface area contributed by atoms with Gasteiger partial charge in [0.2, 0.25) is 0 Å². The molecule has 1 aliphatic rings. The van der Waals surface area contributed by atoms with Crippen LogP contribution >= 0.6 is 27.3 Å². The van der Waals surface area contributed by atoms with Crippen LogP contribution in [0.1, 0.15) is 16.0 Å². The Labute approximate surface area is 153 Å². The quantitative estimate of drug-likeness (QED) is 0.833. The number of nitrogens with zero attached hydrogens (tertiary/aromatic N) is 1. The molecule has 0 fully saturated rings. The fourth-order valence-corrected chi connectivity index (χ4v) is 4.17. The molecule has 0 spiro atoms. The number of halogens is 1. The summed E-state index contributed by atoms with van der Waals surface area (Å²) in [5.41, 5.74) is 2.31. The Hall–Kier alpha value is -1.73. The number of nitrogens with one attached hydrogen (secondary N) is 1. The van der Waals surface area contributed by atoms with Crippen LogP contribution in [0.2, 0.25) is 0 Å². The summed E-state index contributed by atoms with van der Waals surface area (Å²) in [5.74, 6) is 1.43. The summed E-state index contributed by atoms with van der Waals surface area (Å²) in [7, 11) is 3.26. The van der Waals surface area contributed by atoms with Crippen molar-refractivity contribution >= 4 is 33.3 Å². The molecule has 0 radical (unpaired) electrons. The lowest BCUT2D eigenvalue weighted by molar-refractivity contribution is 0.192. The summed E-state index contributed by atoms with van der Waals surface area (Å²) < 4.78 is 11.8. The van der Waals surface area contributed by atoms with Crippen LogP contribution in [-0.2, 0) is 19.5 Å². The van der Waals surface area contributed by atoms with Crippen LogP contribution in [0.3, 0.4) is 0 Å². The van der Waals surface area contributed by atoms with Gasteiger partial charge in [-0.1, -0.05) is 0 Å². The monoisotopic (exact) mass is 410 g/mol. The third-order valence-electron chi connectivity index (χ3n) is 4.04. The summed E-state index contributed by atoms with van der Waals surface area (Å²) in [6.07, 6.45) is 0.813. The number of ether oxygens (including phenoxy) is 2. The van der Waals surface area contributed by atoms with Gasteiger partial charge in [0, 0.05) is 27.8 Å². The number of benzene rings is 1. The first-order chi connectivity index (χ1) is 11.6. The SMILES string of the molecule is COc1cc2c(cc1OC)CN(C(=O)NCc1cc(Br)cs1)CC2. The highest BCUT2D eigenvalue weighted by atomic mass is 79.9. The predicted octanol–water partition coefficient (Wildman–Crippen LogP) is 3.80. The van der Waals surface area contributed by atoms with E-state index in [2.05, 4.69) is 21.2 Å². The maximum Gasteiger partial charge on any atom is 0.318 e. The largest absolute Gasteiger partial charge is 0.493 e. The average molecular weight is 411 g/mol. The molecule has 24 heavy (non-hydrogen) atoms. The van der Waals surface area contributed by atoms with Gasteiger partial charge >= 0.3 is 6.03 Å². The molecule has 3 rings (SSSR count). The molecule has 7 heteroatoms. The molecule has 0 unspecified atom stereocenters. The number of methoxy groups -OCH3 is 2. The van der Waals surface area contributed by atoms with E-state index in [1.807, 2.05) is 28.5 Å². The van der Waals surface area contributed by atoms with Gasteiger partial charge in [-0.2, -0.15) is 0 Å². The number of amides is 2. The van der Waals surface area contributed by atoms with Crippen LogP contribution in [0.25, 0.3) is 0 Å². The Morgan fingerprint density at radius 1 is 1.25 bits per heavy atom. The van der Waals surface area contributed by atoms with Crippen molar-refractivity contribution in [2.75, 3.05) is 20.8 Å². The molecule has 128 valence electrons. The molecule has 1 N–H and O–H groups in total. The number of fused-ring (bicyclic) bond motifs is 1. The minimum absolute atomic E-state index is 0.0417. The second kappa shape index (κ2) is 7.44. The Morgan fingerprint density at radius 2 is 1.96 bits per heavy atom. The summed E-state index contributed by atoms with van der Waals surface area (Å²) in [5, 5.41) is 5.00. The summed E-state index contributed by atoms with van der Waals surface area (Å²) in [6.45, 7) is 1.82. The van der Waals surface area contributed by atoms with Gasteiger partial charge in [-0.25, -0.2) is 4.79 Å². The fraction of sp³-hybridized carbons (Fsp3) is 0.353. The molecule has 0 saturated heterocycles. The Kier molecular flexibility index (Phi) is 5.30. The standard InChI is InChI=1S/C17H19BrN2O3S/c1-22-15-5-11-3-4-20(9-12(11)6-16(15)23-2)17(21)19-8-14-7-13(18)10-24-14/h5-7,10H,3-4,8-9H2,1-2H3,(H,19,21). The Morgan fingerprint density at radius 3 is 2.58 bits per heavy atom. The second-order valence-corrected chi connectivity index (χ2v) is 7.45. The zero-order valence-corrected chi connectivity index (χ0v) is 16.0. The third-order valence-corrected chi connectivity index (χ3v) is 5.74. The zero-order chi connectivity index (χ0) is 17.1. The maximum atomic E-state index is 12.4. The van der Waals surface area contributed by atoms with Gasteiger partial charge < -0.3 is 19.7 Å². The molecule has 1 aromatic heterocycles. The maximum absolute atomic E-state index is 12.4. The highest BCUT2D eigenvalue weighted by Gasteiger charge is 2.22. The van der Waals surface area contributed by atoms with Gasteiger partial charge in [0.25, 0.3) is 0 Å². The highest BCUT2D eigenvalue weighted by molar-refractivity contribution is 9.10. The van der Waals surface area contributed by atoms with Crippen LogP contribution in [0.4, 0.5) is 4.79 Å². The van der Waals surface area contributed by atoms with Crippen molar-refractivity contribution in [3.63, 3.8) is 0 Å². The first-order valence-corrected chi connectivity index (χ1v) is 9.27. The number of carbonyl (C=O) groups excluding carboxylic acids is 1. The Balaban J connectivity index is 1.66. The van der Waals surface area contributed by atoms with Crippen LogP contribution in [0.15, 0.2) is 28.1 Å². The molecular formula is C17H19BrN2O3S. The lowest BCUT2D eigenvalue weighted by Gasteiger charge is -2.29. The van der Waals surface area contributed by atoms with E-state index in [9.17, 15) is 4.79 Å². The van der Waals surface area contributed by atoms with E-state index in [1.165, 1.54) is 5.56 Å². The number of hydrogen-bond donors (Lipinski definition) is 1. The summed E-state index contributed by atoms with van der Waals surface area (Å²) in [6, 6.07) is 5.95. The van der Waals surface area contributed by atoms with Crippen molar-refractivity contribution < 1.29 is 14.3 Å². The highest BCUT2D eigenvalue weighted by Crippen LogP contribution is 2.33. The Bertz CT molecular complexity index is 747. The third kappa shape index (κ3) is 3.67. The first-order valence-electron chi connectivity index (χ1n) is 7.60. The minimum Gasteiger partial charge on any atom is -0.493 e. The normalized spacial score (nSPS) is 13.4. The second-order valence-electron chi connectivity index (χ2n) is 5.54. The first kappa shape index (κ1) is 17.1. The van der Waals surface area contributed by atoms with E-state index in [1.54, 1.807) is 25.6 Å². The summed E-state index contributed by atoms with van der Waals surface area (Å²) in [4.78, 5) is 15.4. The molecular weight excluding hydrogens is 392 g/mol. The molecule has 2 heterocycles. The number of rotatable bonds is 4. The molecule has 0 atom stereocenters. The van der Waals surface area contributed by atoms with Crippen molar-refractivity contribution in [3.05, 3.63) is 44.1 Å². The average Bonchev–Trinajstić information content (AvgIpc) is 3.03. The molecule has 0 aliphatic carbocycles. The molecule has 5 nitrogen and oxygen atoms in total. The topological polar surface area (TPSA) is 50.8 Å². The van der Waals surface area contributed by atoms with Crippen molar-refractivity contribution in [3.8, 4) is 11.5 Å². The summed E-state index contributed by atoms with van der Waals surface area (Å²) >= 11 is 5.05. The number of hydrogen-bond acceptors (Lipinski definition) is 4. The van der Waals surface area contributed by atoms with Gasteiger partial charge in [0.05, 0.1) is 20.8 Å². The van der Waals surface area contributed by atoms with Gasteiger partial charge in [-0.15, -0.1) is 11.3 Å². The molecule has 2 aromatic rings. The number of thiophene rings is 1. The van der Waals surface area contributed by atoms with Gasteiger partial charge in [0.1, 0.15) is 0 Å². The lowest BCUT2D eigenvalue weighted by Crippen LogP contribution is -2.42. The van der Waals surface area contributed by atoms with Gasteiger partial charge in [-0.3, -0.25) is 0 Å². The van der Waals surface area contributed by atoms with E-state index >= 15 is 0 Å². The number of carbonyl (C=O) groups is 1. The van der Waals surface area contributed by atoms with E-state index in [4.69, 9.17) is 9.47 Å². The number of urea groups is 1. The fourth-order valence-electron chi connectivity index (χ4n) is 2.78. The zero-order valence-electron chi connectivity index (χ0n) is 13.6. The smallest absolute Gasteiger partial charge is 0.318 e. The van der Waals surface area contributed by atoms with E-state index in [0.717, 1.165) is 27.1 Å². The van der Waals surface area contributed by atoms with Crippen LogP contribution in [0.5, 0.6) is 11.5 Å². The van der Waals surface area contributed by atoms with Crippen molar-refractivity contribution in [1.29, 1.82) is 0 Å². The van der Waals surface area contributed by atoms with Crippen molar-refractivity contribution in [2.24, 2.45) is 0 Å². The molecule has 0 saturated carbocycles.